The molecule has 1 N–H and O–H groups in total. The van der Waals surface area contributed by atoms with Crippen LogP contribution in [0.1, 0.15) is 55.0 Å². The minimum absolute atomic E-state index is 0.0748. The first-order valence-corrected chi connectivity index (χ1v) is 17.0. The Bertz CT molecular complexity index is 1310. The van der Waals surface area contributed by atoms with Crippen LogP contribution < -0.4 is 9.64 Å². The van der Waals surface area contributed by atoms with E-state index < -0.39 is 8.41 Å². The molecule has 0 saturated carbocycles. The fraction of sp³-hybridized carbons (Fsp3) is 0.500. The third kappa shape index (κ3) is 5.70. The number of carbonyl (C=O) groups is 1. The van der Waals surface area contributed by atoms with Gasteiger partial charge in [0.25, 0.3) is 0 Å². The van der Waals surface area contributed by atoms with Gasteiger partial charge in [-0.05, 0) is 49.7 Å². The van der Waals surface area contributed by atoms with Crippen LogP contribution >= 0.6 is 0 Å². The summed E-state index contributed by atoms with van der Waals surface area (Å²) in [4.78, 5) is 14.1. The molecule has 0 bridgehead atoms. The minimum atomic E-state index is -3.18. The molecule has 8 nitrogen and oxygen atoms in total. The Balaban J connectivity index is 1.35. The fourth-order valence-corrected chi connectivity index (χ4v) is 8.23. The number of anilines is 1. The number of aryl methyl sites for hydroxylation is 1. The highest BCUT2D eigenvalue weighted by Gasteiger charge is 2.47. The van der Waals surface area contributed by atoms with E-state index in [1.54, 1.807) is 24.9 Å². The highest BCUT2D eigenvalue weighted by Crippen LogP contribution is 2.48. The normalized spacial score (nSPS) is 22.6. The molecule has 214 valence electrons. The first kappa shape index (κ1) is 28.4. The van der Waals surface area contributed by atoms with Gasteiger partial charge in [-0.2, -0.15) is 0 Å². The van der Waals surface area contributed by atoms with Crippen molar-refractivity contribution in [2.24, 2.45) is 5.92 Å². The summed E-state index contributed by atoms with van der Waals surface area (Å²) in [6.07, 6.45) is 3.15. The van der Waals surface area contributed by atoms with E-state index in [2.05, 4.69) is 17.2 Å². The summed E-state index contributed by atoms with van der Waals surface area (Å²) in [5.41, 5.74) is 3.09. The predicted octanol–water partition coefficient (Wildman–Crippen LogP) is 5.25. The second kappa shape index (κ2) is 11.8. The minimum Gasteiger partial charge on any atom is -0.490 e. The van der Waals surface area contributed by atoms with Crippen molar-refractivity contribution in [2.45, 2.75) is 69.5 Å². The lowest BCUT2D eigenvalue weighted by Crippen LogP contribution is -2.46. The Hall–Kier alpha value is -3.08. The second-order valence-electron chi connectivity index (χ2n) is 11.5. The van der Waals surface area contributed by atoms with Gasteiger partial charge in [0.05, 0.1) is 24.3 Å². The van der Waals surface area contributed by atoms with E-state index in [4.69, 9.17) is 9.47 Å². The monoisotopic (exact) mass is 566 g/mol. The van der Waals surface area contributed by atoms with Gasteiger partial charge in [-0.15, -0.1) is 5.10 Å². The predicted molar refractivity (Wildman–Crippen MR) is 154 cm³/mol. The molecule has 0 radical (unpaired) electrons. The quantitative estimate of drug-likeness (QED) is 0.266. The molecule has 2 aliphatic heterocycles. The van der Waals surface area contributed by atoms with Gasteiger partial charge >= 0.3 is 0 Å². The summed E-state index contributed by atoms with van der Waals surface area (Å²) in [6, 6.07) is 15.5. The van der Waals surface area contributed by atoms with Crippen molar-refractivity contribution in [3.8, 4) is 5.75 Å². The van der Waals surface area contributed by atoms with Gasteiger partial charge in [-0.1, -0.05) is 42.5 Å². The molecule has 5 atom stereocenters. The van der Waals surface area contributed by atoms with Crippen LogP contribution in [-0.4, -0.2) is 60.8 Å². The van der Waals surface area contributed by atoms with Crippen molar-refractivity contribution in [1.82, 2.24) is 15.0 Å². The van der Waals surface area contributed by atoms with E-state index in [-0.39, 0.29) is 42.1 Å². The van der Waals surface area contributed by atoms with Crippen LogP contribution in [0.4, 0.5) is 9.80 Å². The van der Waals surface area contributed by atoms with E-state index in [0.717, 1.165) is 23.2 Å². The summed E-state index contributed by atoms with van der Waals surface area (Å²) in [7, 11) is -1.51. The van der Waals surface area contributed by atoms with Crippen LogP contribution in [0.3, 0.4) is 0 Å². The highest BCUT2D eigenvalue weighted by molar-refractivity contribution is 6.72. The molecular formula is C30H39FN4O4Si. The number of ether oxygens (including phenoxy) is 2. The molecule has 1 fully saturated rings. The zero-order valence-electron chi connectivity index (χ0n) is 23.7. The molecule has 1 aromatic heterocycles. The van der Waals surface area contributed by atoms with Crippen LogP contribution in [0.2, 0.25) is 18.6 Å². The summed E-state index contributed by atoms with van der Waals surface area (Å²) < 4.78 is 30.2. The molecule has 40 heavy (non-hydrogen) atoms. The summed E-state index contributed by atoms with van der Waals surface area (Å²) in [5.74, 6) is 0.453. The highest BCUT2D eigenvalue weighted by atomic mass is 28.4. The Morgan fingerprint density at radius 3 is 2.65 bits per heavy atom. The average Bonchev–Trinajstić information content (AvgIpc) is 3.58. The van der Waals surface area contributed by atoms with Gasteiger partial charge in [0.2, 0.25) is 14.3 Å². The van der Waals surface area contributed by atoms with Crippen LogP contribution in [0.15, 0.2) is 54.7 Å². The van der Waals surface area contributed by atoms with Gasteiger partial charge in [-0.25, -0.2) is 0 Å². The molecule has 10 heteroatoms. The maximum Gasteiger partial charge on any atom is 0.247 e. The Labute approximate surface area is 236 Å². The number of aliphatic hydroxyl groups is 1. The number of halogens is 1. The van der Waals surface area contributed by atoms with Crippen molar-refractivity contribution >= 4 is 20.0 Å². The molecule has 0 spiro atoms. The lowest BCUT2D eigenvalue weighted by atomic mass is 9.86. The zero-order valence-corrected chi connectivity index (χ0v) is 24.7. The van der Waals surface area contributed by atoms with Crippen LogP contribution in [0.5, 0.6) is 5.75 Å². The maximum atomic E-state index is 15.9. The zero-order chi connectivity index (χ0) is 28.4. The molecule has 3 aromatic rings. The van der Waals surface area contributed by atoms with Crippen molar-refractivity contribution in [1.29, 1.82) is 0 Å². The Morgan fingerprint density at radius 2 is 2.00 bits per heavy atom. The number of rotatable bonds is 10. The van der Waals surface area contributed by atoms with Crippen molar-refractivity contribution in [2.75, 3.05) is 25.2 Å². The SMILES string of the molecule is CO[C@H]1c2cc(N3CCCC3=O)ccc2O[C@@H](C(CCn2cc(C(CO)c3ccccc3)nn2)[Si](C)(C)F)[C@@H]1C. The van der Waals surface area contributed by atoms with E-state index in [0.29, 0.717) is 37.4 Å². The lowest BCUT2D eigenvalue weighted by Gasteiger charge is -2.43. The third-order valence-corrected chi connectivity index (χ3v) is 10.8. The number of aromatic nitrogens is 3. The number of hydrogen-bond donors (Lipinski definition) is 1. The molecule has 2 unspecified atom stereocenters. The van der Waals surface area contributed by atoms with Gasteiger partial charge in [-0.3, -0.25) is 9.48 Å². The number of nitrogens with zero attached hydrogens (tertiary/aromatic N) is 4. The second-order valence-corrected chi connectivity index (χ2v) is 15.4. The number of methoxy groups -OCH3 is 1. The number of carbonyl (C=O) groups excluding carboxylic acids is 1. The topological polar surface area (TPSA) is 89.7 Å². The smallest absolute Gasteiger partial charge is 0.247 e. The van der Waals surface area contributed by atoms with Crippen LogP contribution in [0, 0.1) is 5.92 Å². The molecular weight excluding hydrogens is 527 g/mol. The summed E-state index contributed by atoms with van der Waals surface area (Å²) in [5, 5.41) is 18.6. The molecule has 3 heterocycles. The molecule has 2 aromatic carbocycles. The van der Waals surface area contributed by atoms with E-state index in [1.807, 2.05) is 59.6 Å². The van der Waals surface area contributed by atoms with Gasteiger partial charge < -0.3 is 23.6 Å². The van der Waals surface area contributed by atoms with E-state index >= 15 is 4.11 Å². The van der Waals surface area contributed by atoms with Gasteiger partial charge in [0, 0.05) is 55.5 Å². The Morgan fingerprint density at radius 1 is 1.23 bits per heavy atom. The Kier molecular flexibility index (Phi) is 8.39. The van der Waals surface area contributed by atoms with E-state index in [9.17, 15) is 9.90 Å². The maximum absolute atomic E-state index is 15.9. The fourth-order valence-electron chi connectivity index (χ4n) is 6.26. The van der Waals surface area contributed by atoms with Gasteiger partial charge in [0.15, 0.2) is 0 Å². The number of hydrogen-bond acceptors (Lipinski definition) is 6. The largest absolute Gasteiger partial charge is 0.490 e. The molecule has 1 amide bonds. The number of aliphatic hydroxyl groups excluding tert-OH is 1. The van der Waals surface area contributed by atoms with Crippen molar-refractivity contribution < 1.29 is 23.5 Å². The number of benzene rings is 2. The van der Waals surface area contributed by atoms with Crippen LogP contribution in [-0.2, 0) is 16.1 Å². The van der Waals surface area contributed by atoms with Crippen molar-refractivity contribution in [3.05, 3.63) is 71.5 Å². The number of fused-ring (bicyclic) bond motifs is 1. The molecule has 5 rings (SSSR count). The first-order chi connectivity index (χ1) is 19.2. The number of amides is 1. The lowest BCUT2D eigenvalue weighted by molar-refractivity contribution is -0.117. The average molecular weight is 567 g/mol. The van der Waals surface area contributed by atoms with E-state index in [1.165, 1.54) is 0 Å². The summed E-state index contributed by atoms with van der Waals surface area (Å²) >= 11 is 0. The van der Waals surface area contributed by atoms with Gasteiger partial charge in [0.1, 0.15) is 11.9 Å². The molecule has 0 aliphatic carbocycles. The first-order valence-electron chi connectivity index (χ1n) is 14.1. The molecule has 2 aliphatic rings. The van der Waals surface area contributed by atoms with Crippen molar-refractivity contribution in [3.63, 3.8) is 0 Å². The third-order valence-electron chi connectivity index (χ3n) is 8.44. The summed E-state index contributed by atoms with van der Waals surface area (Å²) in [6.45, 7) is 6.65. The van der Waals surface area contributed by atoms with Crippen LogP contribution in [0.25, 0.3) is 0 Å². The molecule has 1 saturated heterocycles. The standard InChI is InChI=1S/C30H39FN4O4Si/c1-20-29(38-2)23-17-22(35-15-8-11-28(35)37)12-13-26(23)39-30(20)27(40(3,4)31)14-16-34-18-25(32-33-34)24(19-36)21-9-6-5-7-10-21/h5-7,9-10,12-13,17-18,20,24,27,29-30,36H,8,11,14-16,19H2,1-4H3/t20-,24?,27?,29-,30-/m1/s1.